The number of halogens is 1. The molecule has 1 amide bonds. The van der Waals surface area contributed by atoms with Gasteiger partial charge in [-0.25, -0.2) is 4.98 Å². The Morgan fingerprint density at radius 2 is 1.85 bits per heavy atom. The lowest BCUT2D eigenvalue weighted by atomic mass is 9.95. The number of phenolic OH excluding ortho intramolecular Hbond substituents is 1. The van der Waals surface area contributed by atoms with E-state index in [1.54, 1.807) is 55.6 Å². The van der Waals surface area contributed by atoms with Gasteiger partial charge in [0.1, 0.15) is 17.3 Å². The van der Waals surface area contributed by atoms with Crippen LogP contribution in [0.4, 0.5) is 5.13 Å². The summed E-state index contributed by atoms with van der Waals surface area (Å²) in [6, 6.07) is 16.9. The number of amides is 1. The zero-order chi connectivity index (χ0) is 24.0. The third-order valence-corrected chi connectivity index (χ3v) is 6.79. The molecule has 2 N–H and O–H groups in total. The number of fused-ring (bicyclic) bond motifs is 1. The molecule has 9 heteroatoms. The maximum absolute atomic E-state index is 13.3. The minimum Gasteiger partial charge on any atom is -0.508 e. The molecule has 34 heavy (non-hydrogen) atoms. The Kier molecular flexibility index (Phi) is 5.47. The second-order valence-corrected chi connectivity index (χ2v) is 9.05. The number of ether oxygens (including phenoxy) is 1. The number of phenols is 1. The minimum atomic E-state index is -0.956. The highest BCUT2D eigenvalue weighted by Crippen LogP contribution is 2.45. The van der Waals surface area contributed by atoms with Crippen molar-refractivity contribution in [3.63, 3.8) is 0 Å². The van der Waals surface area contributed by atoms with Crippen LogP contribution in [0.1, 0.15) is 17.2 Å². The summed E-state index contributed by atoms with van der Waals surface area (Å²) < 4.78 is 6.05. The maximum Gasteiger partial charge on any atom is 0.301 e. The van der Waals surface area contributed by atoms with Gasteiger partial charge < -0.3 is 14.9 Å². The largest absolute Gasteiger partial charge is 0.508 e. The van der Waals surface area contributed by atoms with E-state index in [1.807, 2.05) is 0 Å². The van der Waals surface area contributed by atoms with E-state index in [0.717, 1.165) is 4.70 Å². The van der Waals surface area contributed by atoms with Crippen LogP contribution < -0.4 is 9.64 Å². The number of rotatable bonds is 4. The van der Waals surface area contributed by atoms with E-state index in [9.17, 15) is 19.8 Å². The third-order valence-electron chi connectivity index (χ3n) is 5.54. The van der Waals surface area contributed by atoms with Crippen LogP contribution in [-0.2, 0) is 9.59 Å². The van der Waals surface area contributed by atoms with Crippen LogP contribution in [0.25, 0.3) is 16.0 Å². The number of aliphatic hydroxyl groups excluding tert-OH is 1. The van der Waals surface area contributed by atoms with Gasteiger partial charge in [-0.1, -0.05) is 47.2 Å². The first kappa shape index (κ1) is 21.9. The number of benzene rings is 3. The molecule has 0 spiro atoms. The van der Waals surface area contributed by atoms with Gasteiger partial charge in [0.2, 0.25) is 0 Å². The molecule has 1 saturated heterocycles. The Balaban J connectivity index is 1.72. The van der Waals surface area contributed by atoms with Crippen molar-refractivity contribution in [2.24, 2.45) is 0 Å². The number of carbonyl (C=O) groups is 2. The van der Waals surface area contributed by atoms with E-state index in [-0.39, 0.29) is 17.1 Å². The highest BCUT2D eigenvalue weighted by molar-refractivity contribution is 7.22. The van der Waals surface area contributed by atoms with Gasteiger partial charge >= 0.3 is 5.91 Å². The van der Waals surface area contributed by atoms with Crippen molar-refractivity contribution in [1.82, 2.24) is 4.98 Å². The van der Waals surface area contributed by atoms with Crippen molar-refractivity contribution in [2.45, 2.75) is 6.04 Å². The summed E-state index contributed by atoms with van der Waals surface area (Å²) in [6.45, 7) is 0. The van der Waals surface area contributed by atoms with E-state index in [4.69, 9.17) is 16.3 Å². The lowest BCUT2D eigenvalue weighted by Crippen LogP contribution is -2.29. The average molecular weight is 493 g/mol. The molecule has 1 fully saturated rings. The summed E-state index contributed by atoms with van der Waals surface area (Å²) in [7, 11) is 1.56. The number of aromatic hydroxyl groups is 1. The number of carbonyl (C=O) groups excluding carboxylic acids is 2. The first-order chi connectivity index (χ1) is 16.4. The van der Waals surface area contributed by atoms with Crippen LogP contribution >= 0.6 is 22.9 Å². The van der Waals surface area contributed by atoms with Gasteiger partial charge in [-0.05, 0) is 48.0 Å². The number of ketones is 1. The van der Waals surface area contributed by atoms with Gasteiger partial charge in [0.15, 0.2) is 5.13 Å². The second kappa shape index (κ2) is 8.48. The van der Waals surface area contributed by atoms with Crippen molar-refractivity contribution < 1.29 is 24.5 Å². The van der Waals surface area contributed by atoms with Crippen LogP contribution in [0.15, 0.2) is 72.3 Å². The average Bonchev–Trinajstić information content (AvgIpc) is 3.37. The van der Waals surface area contributed by atoms with Crippen molar-refractivity contribution in [2.75, 3.05) is 12.0 Å². The molecular weight excluding hydrogens is 476 g/mol. The van der Waals surface area contributed by atoms with Gasteiger partial charge in [0.05, 0.1) is 28.9 Å². The molecule has 7 nitrogen and oxygen atoms in total. The fourth-order valence-electron chi connectivity index (χ4n) is 3.92. The summed E-state index contributed by atoms with van der Waals surface area (Å²) in [6.07, 6.45) is 0. The zero-order valence-corrected chi connectivity index (χ0v) is 19.3. The second-order valence-electron chi connectivity index (χ2n) is 7.60. The molecule has 1 atom stereocenters. The Morgan fingerprint density at radius 3 is 2.56 bits per heavy atom. The molecule has 3 aromatic carbocycles. The van der Waals surface area contributed by atoms with Gasteiger partial charge in [0, 0.05) is 10.6 Å². The fourth-order valence-corrected chi connectivity index (χ4v) is 5.13. The fraction of sp³-hybridized carbons (Fsp3) is 0.0800. The Morgan fingerprint density at radius 1 is 1.09 bits per heavy atom. The van der Waals surface area contributed by atoms with Gasteiger partial charge in [-0.2, -0.15) is 0 Å². The summed E-state index contributed by atoms with van der Waals surface area (Å²) in [5, 5.41) is 21.6. The molecule has 1 aliphatic rings. The molecule has 1 aliphatic heterocycles. The number of thiazole rings is 1. The molecule has 2 heterocycles. The predicted octanol–water partition coefficient (Wildman–Crippen LogP) is 5.29. The normalized spacial score (nSPS) is 17.5. The van der Waals surface area contributed by atoms with Crippen molar-refractivity contribution in [1.29, 1.82) is 0 Å². The van der Waals surface area contributed by atoms with E-state index >= 15 is 0 Å². The molecule has 0 saturated carbocycles. The number of nitrogens with zero attached hydrogens (tertiary/aromatic N) is 2. The van der Waals surface area contributed by atoms with Gasteiger partial charge in [-0.3, -0.25) is 14.5 Å². The lowest BCUT2D eigenvalue weighted by molar-refractivity contribution is -0.132. The van der Waals surface area contributed by atoms with E-state index in [2.05, 4.69) is 4.98 Å². The van der Waals surface area contributed by atoms with Crippen LogP contribution in [-0.4, -0.2) is 34.0 Å². The van der Waals surface area contributed by atoms with Crippen LogP contribution in [0.5, 0.6) is 11.5 Å². The zero-order valence-electron chi connectivity index (χ0n) is 17.7. The first-order valence-corrected chi connectivity index (χ1v) is 11.4. The number of Topliss-reactive ketones (excluding diaryl/α,β-unsaturated/α-hetero) is 1. The molecule has 0 bridgehead atoms. The number of methoxy groups -OCH3 is 1. The number of aliphatic hydroxyl groups is 1. The van der Waals surface area contributed by atoms with Crippen LogP contribution in [0, 0.1) is 0 Å². The highest BCUT2D eigenvalue weighted by Gasteiger charge is 2.48. The lowest BCUT2D eigenvalue weighted by Gasteiger charge is -2.23. The van der Waals surface area contributed by atoms with E-state index in [1.165, 1.54) is 34.4 Å². The standard InChI is InChI=1S/C25H17ClN2O5S/c1-33-17-9-10-18-19(12-17)34-25(27-18)28-21(13-5-7-16(29)8-6-13)20(23(31)24(28)32)22(30)14-3-2-4-15(26)11-14/h2-12,21,29-30H,1H3/b22-20+. The number of hydrogen-bond donors (Lipinski definition) is 2. The van der Waals surface area contributed by atoms with Crippen molar-refractivity contribution >= 4 is 55.7 Å². The van der Waals surface area contributed by atoms with Crippen LogP contribution in [0.3, 0.4) is 0 Å². The summed E-state index contributed by atoms with van der Waals surface area (Å²) in [5.41, 5.74) is 1.39. The van der Waals surface area contributed by atoms with Crippen molar-refractivity contribution in [3.05, 3.63) is 88.5 Å². The third kappa shape index (κ3) is 3.67. The first-order valence-electron chi connectivity index (χ1n) is 10.2. The van der Waals surface area contributed by atoms with Gasteiger partial charge in [0.25, 0.3) is 5.78 Å². The molecule has 0 aliphatic carbocycles. The molecule has 1 aromatic heterocycles. The number of hydrogen-bond acceptors (Lipinski definition) is 7. The minimum absolute atomic E-state index is 0.0302. The smallest absolute Gasteiger partial charge is 0.301 e. The Labute approximate surface area is 203 Å². The maximum atomic E-state index is 13.3. The molecule has 170 valence electrons. The molecule has 4 aromatic rings. The molecular formula is C25H17ClN2O5S. The van der Waals surface area contributed by atoms with E-state index < -0.39 is 17.7 Å². The number of anilines is 1. The quantitative estimate of drug-likeness (QED) is 0.228. The Hall–Kier alpha value is -3.88. The van der Waals surface area contributed by atoms with Crippen LogP contribution in [0.2, 0.25) is 5.02 Å². The van der Waals surface area contributed by atoms with Gasteiger partial charge in [-0.15, -0.1) is 0 Å². The highest BCUT2D eigenvalue weighted by atomic mass is 35.5. The summed E-state index contributed by atoms with van der Waals surface area (Å²) in [4.78, 5) is 32.3. The topological polar surface area (TPSA) is 100.0 Å². The molecule has 1 unspecified atom stereocenters. The SMILES string of the molecule is COc1ccc2nc(N3C(=O)C(=O)/C(=C(/O)c4cccc(Cl)c4)C3c3ccc(O)cc3)sc2c1. The van der Waals surface area contributed by atoms with E-state index in [0.29, 0.717) is 32.5 Å². The number of aromatic nitrogens is 1. The Bertz CT molecular complexity index is 1480. The molecule has 5 rings (SSSR count). The van der Waals surface area contributed by atoms with Crippen molar-refractivity contribution in [3.8, 4) is 11.5 Å². The summed E-state index contributed by atoms with van der Waals surface area (Å²) in [5.74, 6) is -1.33. The monoisotopic (exact) mass is 492 g/mol. The predicted molar refractivity (Wildman–Crippen MR) is 131 cm³/mol. The summed E-state index contributed by atoms with van der Waals surface area (Å²) >= 11 is 7.31. The molecule has 0 radical (unpaired) electrons.